The van der Waals surface area contributed by atoms with Crippen LogP contribution in [0.3, 0.4) is 0 Å². The first kappa shape index (κ1) is 28.2. The van der Waals surface area contributed by atoms with Crippen molar-refractivity contribution in [3.05, 3.63) is 82.9 Å². The predicted molar refractivity (Wildman–Crippen MR) is 163 cm³/mol. The highest BCUT2D eigenvalue weighted by atomic mass is 35.5. The van der Waals surface area contributed by atoms with Gasteiger partial charge in [0.1, 0.15) is 4.90 Å². The maximum Gasteiger partial charge on any atom is 0.264 e. The Morgan fingerprint density at radius 2 is 1.60 bits per heavy atom. The number of anilines is 2. The Morgan fingerprint density at radius 3 is 2.27 bits per heavy atom. The molecule has 3 aromatic rings. The van der Waals surface area contributed by atoms with Crippen molar-refractivity contribution in [1.29, 1.82) is 0 Å². The number of carbonyl (C=O) groups is 1. The third-order valence-electron chi connectivity index (χ3n) is 7.70. The van der Waals surface area contributed by atoms with Crippen LogP contribution in [0.25, 0.3) is 0 Å². The van der Waals surface area contributed by atoms with Gasteiger partial charge in [0, 0.05) is 54.4 Å². The third kappa shape index (κ3) is 6.67. The Kier molecular flexibility index (Phi) is 8.76. The Balaban J connectivity index is 1.23. The zero-order valence-corrected chi connectivity index (χ0v) is 24.3. The fourth-order valence-corrected chi connectivity index (χ4v) is 6.78. The molecule has 1 heterocycles. The highest BCUT2D eigenvalue weighted by Crippen LogP contribution is 2.31. The van der Waals surface area contributed by atoms with Crippen LogP contribution in [0.2, 0.25) is 5.02 Å². The van der Waals surface area contributed by atoms with Crippen LogP contribution in [-0.2, 0) is 10.0 Å². The fourth-order valence-electron chi connectivity index (χ4n) is 5.37. The number of piperazine rings is 1. The Labute approximate surface area is 241 Å². The van der Waals surface area contributed by atoms with Gasteiger partial charge >= 0.3 is 0 Å². The average molecular weight is 579 g/mol. The molecule has 5 rings (SSSR count). The van der Waals surface area contributed by atoms with E-state index in [0.29, 0.717) is 41.0 Å². The zero-order valence-electron chi connectivity index (χ0n) is 22.7. The van der Waals surface area contributed by atoms with Crippen LogP contribution >= 0.6 is 11.6 Å². The summed E-state index contributed by atoms with van der Waals surface area (Å²) in [4.78, 5) is 22.0. The van der Waals surface area contributed by atoms with Crippen molar-refractivity contribution in [1.82, 2.24) is 4.90 Å². The lowest BCUT2D eigenvalue weighted by molar-refractivity contribution is 0.0747. The van der Waals surface area contributed by atoms with Gasteiger partial charge < -0.3 is 9.80 Å². The summed E-state index contributed by atoms with van der Waals surface area (Å²) in [6, 6.07) is 19.5. The highest BCUT2D eigenvalue weighted by molar-refractivity contribution is 7.92. The molecule has 2 fully saturated rings. The first-order valence-electron chi connectivity index (χ1n) is 13.9. The van der Waals surface area contributed by atoms with E-state index in [9.17, 15) is 13.2 Å². The van der Waals surface area contributed by atoms with Gasteiger partial charge in [-0.1, -0.05) is 43.0 Å². The van der Waals surface area contributed by atoms with Gasteiger partial charge in [0.05, 0.1) is 5.69 Å². The molecule has 1 saturated heterocycles. The van der Waals surface area contributed by atoms with Crippen LogP contribution in [0.4, 0.5) is 17.1 Å². The molecule has 0 spiro atoms. The lowest BCUT2D eigenvalue weighted by Crippen LogP contribution is -2.48. The minimum Gasteiger partial charge on any atom is -0.368 e. The van der Waals surface area contributed by atoms with Gasteiger partial charge in [0.15, 0.2) is 0 Å². The summed E-state index contributed by atoms with van der Waals surface area (Å²) in [6.45, 7) is 4.55. The molecule has 1 saturated carbocycles. The number of amides is 1. The van der Waals surface area contributed by atoms with E-state index >= 15 is 0 Å². The smallest absolute Gasteiger partial charge is 0.264 e. The van der Waals surface area contributed by atoms with Gasteiger partial charge in [-0.25, -0.2) is 8.42 Å². The van der Waals surface area contributed by atoms with Crippen LogP contribution in [-0.4, -0.2) is 51.6 Å². The van der Waals surface area contributed by atoms with E-state index in [1.54, 1.807) is 36.4 Å². The number of nitrogens with one attached hydrogen (secondary N) is 1. The van der Waals surface area contributed by atoms with E-state index in [0.717, 1.165) is 37.2 Å². The molecule has 9 heteroatoms. The molecule has 1 amide bonds. The number of rotatable bonds is 7. The molecular formula is C31H35ClN4O3S. The molecule has 1 aliphatic carbocycles. The maximum atomic E-state index is 13.4. The van der Waals surface area contributed by atoms with Gasteiger partial charge in [-0.05, 0) is 85.8 Å². The Hall–Kier alpha value is -3.36. The summed E-state index contributed by atoms with van der Waals surface area (Å²) >= 11 is 6.00. The number of benzene rings is 3. The summed E-state index contributed by atoms with van der Waals surface area (Å²) in [6.07, 6.45) is 7.75. The number of hydrogen-bond acceptors (Lipinski definition) is 5. The molecule has 1 N–H and O–H groups in total. The molecule has 0 unspecified atom stereocenters. The summed E-state index contributed by atoms with van der Waals surface area (Å²) in [5.41, 5.74) is 3.30. The molecule has 0 atom stereocenters. The normalized spacial score (nSPS) is 16.9. The molecule has 3 aromatic carbocycles. The Bertz CT molecular complexity index is 1460. The van der Waals surface area contributed by atoms with Gasteiger partial charge in [-0.15, -0.1) is 0 Å². The highest BCUT2D eigenvalue weighted by Gasteiger charge is 2.24. The summed E-state index contributed by atoms with van der Waals surface area (Å²) in [5, 5.41) is 0.700. The molecule has 1 aliphatic heterocycles. The SMILES string of the molecule is Cc1cccc(S(=O)(=O)Nc2ccc(C(=O)N3CCN(c4ccc(Cl)cc4)CC3)cc2)c1N=CC1CCCCC1. The number of para-hydroxylation sites is 1. The van der Waals surface area contributed by atoms with E-state index < -0.39 is 10.0 Å². The first-order valence-corrected chi connectivity index (χ1v) is 15.7. The molecule has 40 heavy (non-hydrogen) atoms. The van der Waals surface area contributed by atoms with E-state index in [2.05, 4.69) is 14.6 Å². The van der Waals surface area contributed by atoms with Crippen molar-refractivity contribution in [2.24, 2.45) is 10.9 Å². The van der Waals surface area contributed by atoms with Crippen LogP contribution < -0.4 is 9.62 Å². The molecule has 0 bridgehead atoms. The minimum absolute atomic E-state index is 0.0665. The predicted octanol–water partition coefficient (Wildman–Crippen LogP) is 6.69. The summed E-state index contributed by atoms with van der Waals surface area (Å²) in [5.74, 6) is 0.325. The molecule has 0 radical (unpaired) electrons. The standard InChI is InChI=1S/C31H35ClN4O3S/c1-23-6-5-9-29(30(23)33-22-24-7-3-2-4-8-24)40(38,39)34-27-14-10-25(11-15-27)31(37)36-20-18-35(19-21-36)28-16-12-26(32)13-17-28/h5-6,9-17,22,24,34H,2-4,7-8,18-21H2,1H3. The molecule has 0 aromatic heterocycles. The van der Waals surface area contributed by atoms with Crippen molar-refractivity contribution in [2.45, 2.75) is 43.9 Å². The van der Waals surface area contributed by atoms with Crippen molar-refractivity contribution < 1.29 is 13.2 Å². The molecule has 210 valence electrons. The molecular weight excluding hydrogens is 544 g/mol. The summed E-state index contributed by atoms with van der Waals surface area (Å²) in [7, 11) is -3.88. The number of halogens is 1. The zero-order chi connectivity index (χ0) is 28.1. The van der Waals surface area contributed by atoms with Crippen molar-refractivity contribution >= 4 is 50.8 Å². The second kappa shape index (κ2) is 12.4. The van der Waals surface area contributed by atoms with Gasteiger partial charge in [-0.3, -0.25) is 14.5 Å². The van der Waals surface area contributed by atoms with Crippen molar-refractivity contribution in [3.63, 3.8) is 0 Å². The van der Waals surface area contributed by atoms with Gasteiger partial charge in [0.2, 0.25) is 0 Å². The number of hydrogen-bond donors (Lipinski definition) is 1. The number of carbonyl (C=O) groups excluding carboxylic acids is 1. The van der Waals surface area contributed by atoms with E-state index in [1.807, 2.05) is 48.4 Å². The van der Waals surface area contributed by atoms with E-state index in [4.69, 9.17) is 11.6 Å². The summed E-state index contributed by atoms with van der Waals surface area (Å²) < 4.78 is 29.4. The maximum absolute atomic E-state index is 13.4. The lowest BCUT2D eigenvalue weighted by Gasteiger charge is -2.36. The number of sulfonamides is 1. The average Bonchev–Trinajstić information content (AvgIpc) is 2.97. The molecule has 7 nitrogen and oxygen atoms in total. The quantitative estimate of drug-likeness (QED) is 0.316. The second-order valence-corrected chi connectivity index (χ2v) is 12.6. The lowest BCUT2D eigenvalue weighted by atomic mass is 9.90. The van der Waals surface area contributed by atoms with Crippen LogP contribution in [0, 0.1) is 12.8 Å². The Morgan fingerprint density at radius 1 is 0.925 bits per heavy atom. The fraction of sp³-hybridized carbons (Fsp3) is 0.355. The monoisotopic (exact) mass is 578 g/mol. The third-order valence-corrected chi connectivity index (χ3v) is 9.36. The van der Waals surface area contributed by atoms with Crippen LogP contribution in [0.1, 0.15) is 48.0 Å². The van der Waals surface area contributed by atoms with Crippen molar-refractivity contribution in [2.75, 3.05) is 35.8 Å². The van der Waals surface area contributed by atoms with Gasteiger partial charge in [0.25, 0.3) is 15.9 Å². The second-order valence-electron chi connectivity index (χ2n) is 10.5. The van der Waals surface area contributed by atoms with Crippen molar-refractivity contribution in [3.8, 4) is 0 Å². The van der Waals surface area contributed by atoms with E-state index in [1.165, 1.54) is 19.3 Å². The topological polar surface area (TPSA) is 82.1 Å². The number of nitrogens with zero attached hydrogens (tertiary/aromatic N) is 3. The van der Waals surface area contributed by atoms with E-state index in [-0.39, 0.29) is 10.8 Å². The largest absolute Gasteiger partial charge is 0.368 e. The first-order chi connectivity index (χ1) is 19.3. The molecule has 2 aliphatic rings. The van der Waals surface area contributed by atoms with Crippen LogP contribution in [0.15, 0.2) is 76.6 Å². The van der Waals surface area contributed by atoms with Crippen LogP contribution in [0.5, 0.6) is 0 Å². The number of aryl methyl sites for hydroxylation is 1. The minimum atomic E-state index is -3.88. The number of aliphatic imine (C=N–C) groups is 1. The van der Waals surface area contributed by atoms with Gasteiger partial charge in [-0.2, -0.15) is 0 Å².